The smallest absolute Gasteiger partial charge is 0.302 e. The van der Waals surface area contributed by atoms with Gasteiger partial charge in [0, 0.05) is 19.5 Å². The highest BCUT2D eigenvalue weighted by atomic mass is 32.2. The van der Waals surface area contributed by atoms with Crippen LogP contribution in [0.3, 0.4) is 0 Å². The van der Waals surface area contributed by atoms with Crippen LogP contribution >= 0.6 is 0 Å². The van der Waals surface area contributed by atoms with Crippen LogP contribution in [0.2, 0.25) is 0 Å². The first kappa shape index (κ1) is 23.2. The molecular formula is C20H22N2O7S. The van der Waals surface area contributed by atoms with E-state index in [0.717, 1.165) is 17.7 Å². The summed E-state index contributed by atoms with van der Waals surface area (Å²) in [5.74, 6) is -0.541. The van der Waals surface area contributed by atoms with E-state index in [1.807, 2.05) is 30.3 Å². The summed E-state index contributed by atoms with van der Waals surface area (Å²) in [7, 11) is -4.21. The molecule has 2 N–H and O–H groups in total. The van der Waals surface area contributed by atoms with Crippen molar-refractivity contribution >= 4 is 21.7 Å². The highest BCUT2D eigenvalue weighted by Gasteiger charge is 2.25. The van der Waals surface area contributed by atoms with Crippen LogP contribution in [-0.4, -0.2) is 44.2 Å². The summed E-state index contributed by atoms with van der Waals surface area (Å²) in [4.78, 5) is 21.1. The van der Waals surface area contributed by atoms with Gasteiger partial charge in [-0.25, -0.2) is 13.1 Å². The average Bonchev–Trinajstić information content (AvgIpc) is 2.72. The van der Waals surface area contributed by atoms with Gasteiger partial charge < -0.3 is 9.84 Å². The van der Waals surface area contributed by atoms with Crippen LogP contribution < -0.4 is 4.72 Å². The van der Waals surface area contributed by atoms with Gasteiger partial charge in [-0.3, -0.25) is 14.9 Å². The molecule has 0 bridgehead atoms. The number of carbonyl (C=O) groups excluding carboxylic acids is 1. The topological polar surface area (TPSA) is 136 Å². The van der Waals surface area contributed by atoms with Crippen molar-refractivity contribution in [1.29, 1.82) is 0 Å². The lowest BCUT2D eigenvalue weighted by Crippen LogP contribution is -2.28. The van der Waals surface area contributed by atoms with Crippen molar-refractivity contribution < 1.29 is 28.0 Å². The molecule has 0 radical (unpaired) electrons. The van der Waals surface area contributed by atoms with Crippen molar-refractivity contribution in [1.82, 2.24) is 4.72 Å². The molecule has 0 saturated heterocycles. The van der Waals surface area contributed by atoms with E-state index in [1.165, 1.54) is 19.1 Å². The molecule has 0 fully saturated rings. The molecular weight excluding hydrogens is 412 g/mol. The maximum atomic E-state index is 12.7. The second kappa shape index (κ2) is 10.6. The third-order valence-electron chi connectivity index (χ3n) is 4.23. The summed E-state index contributed by atoms with van der Waals surface area (Å²) in [6, 6.07) is 14.1. The lowest BCUT2D eigenvalue weighted by Gasteiger charge is -2.16. The molecule has 0 aliphatic carbocycles. The molecule has 0 heterocycles. The Balaban J connectivity index is 2.33. The molecule has 2 aromatic carbocycles. The average molecular weight is 434 g/mol. The number of aliphatic hydroxyl groups is 1. The van der Waals surface area contributed by atoms with Gasteiger partial charge in [0.1, 0.15) is 6.61 Å². The lowest BCUT2D eigenvalue weighted by molar-refractivity contribution is -0.387. The van der Waals surface area contributed by atoms with Crippen LogP contribution in [0.25, 0.3) is 0 Å². The number of nitrogens with zero attached hydrogens (tertiary/aromatic N) is 1. The zero-order chi connectivity index (χ0) is 22.1. The highest BCUT2D eigenvalue weighted by molar-refractivity contribution is 7.89. The van der Waals surface area contributed by atoms with Crippen LogP contribution in [0.15, 0.2) is 70.6 Å². The molecule has 0 spiro atoms. The Labute approximate surface area is 174 Å². The monoisotopic (exact) mass is 434 g/mol. The molecule has 0 atom stereocenters. The van der Waals surface area contributed by atoms with E-state index in [-0.39, 0.29) is 19.6 Å². The molecule has 10 heteroatoms. The standard InChI is InChI=1S/C20H22N2O7S/c1-15(24)29-14-18(13-23)17(11-16-7-3-2-4-8-16)12-21-30(27,28)20-10-6-5-9-19(20)22(25)26/h2-10,21,23H,11-14H2,1H3/b18-17-. The van der Waals surface area contributed by atoms with Gasteiger partial charge in [0.2, 0.25) is 10.0 Å². The Morgan fingerprint density at radius 1 is 1.10 bits per heavy atom. The number of aliphatic hydroxyl groups excluding tert-OH is 1. The third kappa shape index (κ3) is 6.48. The number of esters is 1. The molecule has 0 unspecified atom stereocenters. The maximum absolute atomic E-state index is 12.7. The number of ether oxygens (including phenoxy) is 1. The van der Waals surface area contributed by atoms with Gasteiger partial charge in [-0.2, -0.15) is 0 Å². The molecule has 2 aromatic rings. The van der Waals surface area contributed by atoms with Crippen molar-refractivity contribution in [2.24, 2.45) is 0 Å². The number of hydrogen-bond acceptors (Lipinski definition) is 7. The van der Waals surface area contributed by atoms with Crippen LogP contribution in [0.1, 0.15) is 12.5 Å². The zero-order valence-electron chi connectivity index (χ0n) is 16.3. The minimum absolute atomic E-state index is 0.193. The molecule has 0 saturated carbocycles. The summed E-state index contributed by atoms with van der Waals surface area (Å²) in [5, 5.41) is 20.9. The second-order valence-corrected chi connectivity index (χ2v) is 8.09. The van der Waals surface area contributed by atoms with E-state index in [9.17, 15) is 28.4 Å². The highest BCUT2D eigenvalue weighted by Crippen LogP contribution is 2.23. The first-order valence-electron chi connectivity index (χ1n) is 8.95. The third-order valence-corrected chi connectivity index (χ3v) is 5.68. The maximum Gasteiger partial charge on any atom is 0.302 e. The van der Waals surface area contributed by atoms with E-state index in [4.69, 9.17) is 4.74 Å². The van der Waals surface area contributed by atoms with E-state index in [0.29, 0.717) is 11.1 Å². The number of nitro benzene ring substituents is 1. The van der Waals surface area contributed by atoms with Crippen LogP contribution in [0.5, 0.6) is 0 Å². The predicted molar refractivity (Wildman–Crippen MR) is 109 cm³/mol. The molecule has 160 valence electrons. The van der Waals surface area contributed by atoms with Gasteiger partial charge in [0.15, 0.2) is 4.90 Å². The molecule has 0 aromatic heterocycles. The zero-order valence-corrected chi connectivity index (χ0v) is 17.1. The number of benzene rings is 2. The second-order valence-electron chi connectivity index (χ2n) is 6.36. The van der Waals surface area contributed by atoms with Crippen LogP contribution in [-0.2, 0) is 26.0 Å². The summed E-state index contributed by atoms with van der Waals surface area (Å²) in [6.45, 7) is 0.368. The summed E-state index contributed by atoms with van der Waals surface area (Å²) in [6.07, 6.45) is 0.289. The fourth-order valence-electron chi connectivity index (χ4n) is 2.70. The number of carbonyl (C=O) groups is 1. The fraction of sp³-hybridized carbons (Fsp3) is 0.250. The van der Waals surface area contributed by atoms with Gasteiger partial charge in [-0.05, 0) is 29.2 Å². The van der Waals surface area contributed by atoms with Gasteiger partial charge >= 0.3 is 5.97 Å². The van der Waals surface area contributed by atoms with Crippen molar-refractivity contribution in [2.75, 3.05) is 19.8 Å². The van der Waals surface area contributed by atoms with E-state index >= 15 is 0 Å². The molecule has 2 rings (SSSR count). The van der Waals surface area contributed by atoms with Crippen molar-refractivity contribution in [3.05, 3.63) is 81.4 Å². The Hall–Kier alpha value is -3.08. The van der Waals surface area contributed by atoms with Gasteiger partial charge in [0.05, 0.1) is 11.5 Å². The molecule has 0 aliphatic rings. The Morgan fingerprint density at radius 3 is 2.33 bits per heavy atom. The minimum atomic E-state index is -4.21. The van der Waals surface area contributed by atoms with Gasteiger partial charge in [-0.1, -0.05) is 42.5 Å². The summed E-state index contributed by atoms with van der Waals surface area (Å²) >= 11 is 0. The number of hydrogen-bond donors (Lipinski definition) is 2. The van der Waals surface area contributed by atoms with Crippen molar-refractivity contribution in [3.63, 3.8) is 0 Å². The number of sulfonamides is 1. The Kier molecular flexibility index (Phi) is 8.22. The largest absolute Gasteiger partial charge is 0.461 e. The quantitative estimate of drug-likeness (QED) is 0.252. The fourth-order valence-corrected chi connectivity index (χ4v) is 3.89. The van der Waals surface area contributed by atoms with Gasteiger partial charge in [-0.15, -0.1) is 0 Å². The number of nitro groups is 1. The predicted octanol–water partition coefficient (Wildman–Crippen LogP) is 1.97. The van der Waals surface area contributed by atoms with E-state index in [1.54, 1.807) is 0 Å². The first-order valence-corrected chi connectivity index (χ1v) is 10.4. The Bertz CT molecular complexity index is 1030. The normalized spacial score (nSPS) is 12.2. The Morgan fingerprint density at radius 2 is 1.73 bits per heavy atom. The van der Waals surface area contributed by atoms with Crippen LogP contribution in [0.4, 0.5) is 5.69 Å². The number of para-hydroxylation sites is 1. The minimum Gasteiger partial charge on any atom is -0.461 e. The van der Waals surface area contributed by atoms with Crippen molar-refractivity contribution in [3.8, 4) is 0 Å². The van der Waals surface area contributed by atoms with Gasteiger partial charge in [0.25, 0.3) is 5.69 Å². The first-order chi connectivity index (χ1) is 14.2. The number of nitrogens with one attached hydrogen (secondary N) is 1. The molecule has 0 aliphatic heterocycles. The molecule has 0 amide bonds. The number of rotatable bonds is 10. The van der Waals surface area contributed by atoms with Crippen molar-refractivity contribution in [2.45, 2.75) is 18.2 Å². The van der Waals surface area contributed by atoms with E-state index in [2.05, 4.69) is 4.72 Å². The lowest BCUT2D eigenvalue weighted by atomic mass is 10.0. The summed E-state index contributed by atoms with van der Waals surface area (Å²) in [5.41, 5.74) is 1.15. The van der Waals surface area contributed by atoms with Crippen LogP contribution in [0, 0.1) is 10.1 Å². The molecule has 9 nitrogen and oxygen atoms in total. The molecule has 30 heavy (non-hydrogen) atoms. The van der Waals surface area contributed by atoms with E-state index < -0.39 is 38.1 Å². The SMILES string of the molecule is CC(=O)OC/C(CO)=C(\CNS(=O)(=O)c1ccccc1[N+](=O)[O-])Cc1ccccc1. The summed E-state index contributed by atoms with van der Waals surface area (Å²) < 4.78 is 32.7.